The SMILES string of the molecule is C=C(CNCCc1ccc(Cl)cc1)C(=O)OCC. The lowest BCUT2D eigenvalue weighted by Gasteiger charge is -2.07. The second kappa shape index (κ2) is 7.90. The highest BCUT2D eigenvalue weighted by Crippen LogP contribution is 2.09. The van der Waals surface area contributed by atoms with Gasteiger partial charge in [0.25, 0.3) is 0 Å². The third kappa shape index (κ3) is 5.34. The maximum absolute atomic E-state index is 11.3. The zero-order valence-electron chi connectivity index (χ0n) is 10.5. The summed E-state index contributed by atoms with van der Waals surface area (Å²) in [6, 6.07) is 7.72. The molecular formula is C14H18ClNO2. The maximum Gasteiger partial charge on any atom is 0.334 e. The zero-order chi connectivity index (χ0) is 13.4. The normalized spacial score (nSPS) is 10.1. The Hall–Kier alpha value is -1.32. The molecule has 1 rings (SSSR count). The molecule has 0 saturated heterocycles. The molecule has 0 fully saturated rings. The number of rotatable bonds is 7. The molecular weight excluding hydrogens is 250 g/mol. The van der Waals surface area contributed by atoms with E-state index in [9.17, 15) is 4.79 Å². The molecule has 0 saturated carbocycles. The molecule has 0 radical (unpaired) electrons. The Kier molecular flexibility index (Phi) is 6.47. The van der Waals surface area contributed by atoms with Crippen LogP contribution in [0.1, 0.15) is 12.5 Å². The molecule has 0 aliphatic carbocycles. The van der Waals surface area contributed by atoms with E-state index in [-0.39, 0.29) is 5.97 Å². The van der Waals surface area contributed by atoms with Crippen LogP contribution >= 0.6 is 11.6 Å². The first-order chi connectivity index (χ1) is 8.63. The van der Waals surface area contributed by atoms with Crippen LogP contribution in [0.25, 0.3) is 0 Å². The van der Waals surface area contributed by atoms with Gasteiger partial charge >= 0.3 is 5.97 Å². The van der Waals surface area contributed by atoms with Gasteiger partial charge < -0.3 is 10.1 Å². The summed E-state index contributed by atoms with van der Waals surface area (Å²) in [5, 5.41) is 3.89. The molecule has 0 aliphatic heterocycles. The molecule has 0 atom stereocenters. The van der Waals surface area contributed by atoms with Gasteiger partial charge in [-0.3, -0.25) is 0 Å². The molecule has 18 heavy (non-hydrogen) atoms. The van der Waals surface area contributed by atoms with Gasteiger partial charge in [-0.2, -0.15) is 0 Å². The Bertz CT molecular complexity index is 401. The lowest BCUT2D eigenvalue weighted by Crippen LogP contribution is -2.23. The van der Waals surface area contributed by atoms with E-state index in [0.717, 1.165) is 18.0 Å². The van der Waals surface area contributed by atoms with Crippen molar-refractivity contribution in [1.29, 1.82) is 0 Å². The Morgan fingerprint density at radius 2 is 2.06 bits per heavy atom. The minimum absolute atomic E-state index is 0.337. The number of carbonyl (C=O) groups is 1. The third-order valence-electron chi connectivity index (χ3n) is 2.41. The number of hydrogen-bond acceptors (Lipinski definition) is 3. The Labute approximate surface area is 113 Å². The largest absolute Gasteiger partial charge is 0.463 e. The van der Waals surface area contributed by atoms with E-state index in [4.69, 9.17) is 16.3 Å². The highest BCUT2D eigenvalue weighted by atomic mass is 35.5. The second-order valence-electron chi connectivity index (χ2n) is 3.88. The first-order valence-corrected chi connectivity index (χ1v) is 6.31. The second-order valence-corrected chi connectivity index (χ2v) is 4.31. The van der Waals surface area contributed by atoms with Crippen LogP contribution in [0.3, 0.4) is 0 Å². The minimum atomic E-state index is -0.337. The van der Waals surface area contributed by atoms with Crippen molar-refractivity contribution in [2.75, 3.05) is 19.7 Å². The summed E-state index contributed by atoms with van der Waals surface area (Å²) in [6.07, 6.45) is 0.882. The van der Waals surface area contributed by atoms with E-state index in [2.05, 4.69) is 11.9 Å². The molecule has 1 aromatic carbocycles. The van der Waals surface area contributed by atoms with E-state index < -0.39 is 0 Å². The van der Waals surface area contributed by atoms with Gasteiger partial charge in [0.05, 0.1) is 6.61 Å². The summed E-state index contributed by atoms with van der Waals surface area (Å²) in [5.41, 5.74) is 1.65. The van der Waals surface area contributed by atoms with Gasteiger partial charge in [0.1, 0.15) is 0 Å². The zero-order valence-corrected chi connectivity index (χ0v) is 11.3. The Balaban J connectivity index is 2.20. The number of halogens is 1. The van der Waals surface area contributed by atoms with Gasteiger partial charge in [0, 0.05) is 17.1 Å². The lowest BCUT2D eigenvalue weighted by molar-refractivity contribution is -0.138. The first kappa shape index (κ1) is 14.7. The monoisotopic (exact) mass is 267 g/mol. The molecule has 0 aromatic heterocycles. The highest BCUT2D eigenvalue weighted by molar-refractivity contribution is 6.30. The van der Waals surface area contributed by atoms with Crippen LogP contribution in [0, 0.1) is 0 Å². The summed E-state index contributed by atoms with van der Waals surface area (Å²) in [5.74, 6) is -0.337. The highest BCUT2D eigenvalue weighted by Gasteiger charge is 2.06. The predicted molar refractivity (Wildman–Crippen MR) is 73.8 cm³/mol. The fourth-order valence-corrected chi connectivity index (χ4v) is 1.55. The lowest BCUT2D eigenvalue weighted by atomic mass is 10.1. The summed E-state index contributed by atoms with van der Waals surface area (Å²) in [7, 11) is 0. The van der Waals surface area contributed by atoms with Crippen LogP contribution < -0.4 is 5.32 Å². The minimum Gasteiger partial charge on any atom is -0.463 e. The quantitative estimate of drug-likeness (QED) is 0.469. The molecule has 1 N–H and O–H groups in total. The van der Waals surface area contributed by atoms with Crippen molar-refractivity contribution < 1.29 is 9.53 Å². The van der Waals surface area contributed by atoms with E-state index >= 15 is 0 Å². The summed E-state index contributed by atoms with van der Waals surface area (Å²) in [6.45, 7) is 7.06. The molecule has 0 heterocycles. The molecule has 0 aliphatic rings. The van der Waals surface area contributed by atoms with Crippen LogP contribution in [0.4, 0.5) is 0 Å². The van der Waals surface area contributed by atoms with Crippen LogP contribution in [0.2, 0.25) is 5.02 Å². The third-order valence-corrected chi connectivity index (χ3v) is 2.66. The molecule has 0 unspecified atom stereocenters. The molecule has 0 spiro atoms. The van der Waals surface area contributed by atoms with E-state index in [1.54, 1.807) is 6.92 Å². The van der Waals surface area contributed by atoms with Crippen molar-refractivity contribution in [2.45, 2.75) is 13.3 Å². The Morgan fingerprint density at radius 1 is 1.39 bits per heavy atom. The molecule has 98 valence electrons. The molecule has 3 nitrogen and oxygen atoms in total. The molecule has 0 bridgehead atoms. The summed E-state index contributed by atoms with van der Waals surface area (Å²) < 4.78 is 4.84. The van der Waals surface area contributed by atoms with Gasteiger partial charge in [-0.25, -0.2) is 4.79 Å². The fraction of sp³-hybridized carbons (Fsp3) is 0.357. The number of nitrogens with one attached hydrogen (secondary N) is 1. The van der Waals surface area contributed by atoms with Gasteiger partial charge in [0.2, 0.25) is 0 Å². The van der Waals surface area contributed by atoms with Gasteiger partial charge in [0.15, 0.2) is 0 Å². The number of hydrogen-bond donors (Lipinski definition) is 1. The van der Waals surface area contributed by atoms with Crippen molar-refractivity contribution in [3.05, 3.63) is 47.0 Å². The molecule has 0 amide bonds. The number of benzene rings is 1. The van der Waals surface area contributed by atoms with Gasteiger partial charge in [-0.1, -0.05) is 30.3 Å². The smallest absolute Gasteiger partial charge is 0.334 e. The van der Waals surface area contributed by atoms with Crippen LogP contribution in [-0.4, -0.2) is 25.7 Å². The van der Waals surface area contributed by atoms with Crippen LogP contribution in [0.5, 0.6) is 0 Å². The number of ether oxygens (including phenoxy) is 1. The standard InChI is InChI=1S/C14H18ClNO2/c1-3-18-14(17)11(2)10-16-9-8-12-4-6-13(15)7-5-12/h4-7,16H,2-3,8-10H2,1H3. The van der Waals surface area contributed by atoms with Gasteiger partial charge in [-0.15, -0.1) is 0 Å². The number of carbonyl (C=O) groups excluding carboxylic acids is 1. The van der Waals surface area contributed by atoms with E-state index in [0.29, 0.717) is 18.7 Å². The summed E-state index contributed by atoms with van der Waals surface area (Å²) >= 11 is 5.80. The Morgan fingerprint density at radius 3 is 2.67 bits per heavy atom. The van der Waals surface area contributed by atoms with Gasteiger partial charge in [-0.05, 0) is 37.6 Å². The van der Waals surface area contributed by atoms with Crippen LogP contribution in [0.15, 0.2) is 36.4 Å². The van der Waals surface area contributed by atoms with Crippen molar-refractivity contribution in [2.24, 2.45) is 0 Å². The first-order valence-electron chi connectivity index (χ1n) is 5.93. The number of esters is 1. The fourth-order valence-electron chi connectivity index (χ4n) is 1.43. The van der Waals surface area contributed by atoms with Crippen molar-refractivity contribution >= 4 is 17.6 Å². The van der Waals surface area contributed by atoms with E-state index in [1.165, 1.54) is 5.56 Å². The average Bonchev–Trinajstić information content (AvgIpc) is 2.36. The average molecular weight is 268 g/mol. The topological polar surface area (TPSA) is 38.3 Å². The maximum atomic E-state index is 11.3. The van der Waals surface area contributed by atoms with Crippen LogP contribution in [-0.2, 0) is 16.0 Å². The predicted octanol–water partition coefficient (Wildman–Crippen LogP) is 2.59. The van der Waals surface area contributed by atoms with Crippen molar-refractivity contribution in [3.8, 4) is 0 Å². The van der Waals surface area contributed by atoms with Crippen molar-refractivity contribution in [1.82, 2.24) is 5.32 Å². The van der Waals surface area contributed by atoms with E-state index in [1.807, 2.05) is 24.3 Å². The molecule has 1 aromatic rings. The molecule has 4 heteroatoms. The van der Waals surface area contributed by atoms with Crippen molar-refractivity contribution in [3.63, 3.8) is 0 Å². The summed E-state index contributed by atoms with van der Waals surface area (Å²) in [4.78, 5) is 11.3.